The quantitative estimate of drug-likeness (QED) is 0.807. The van der Waals surface area contributed by atoms with Crippen molar-refractivity contribution in [1.82, 2.24) is 14.9 Å². The summed E-state index contributed by atoms with van der Waals surface area (Å²) in [4.78, 5) is 25.6. The van der Waals surface area contributed by atoms with E-state index in [1.807, 2.05) is 4.90 Å². The second kappa shape index (κ2) is 6.63. The van der Waals surface area contributed by atoms with Crippen molar-refractivity contribution in [2.75, 3.05) is 44.3 Å². The van der Waals surface area contributed by atoms with Crippen LogP contribution < -0.4 is 4.90 Å². The number of aromatic nitrogens is 2. The average Bonchev–Trinajstić information content (AvgIpc) is 2.82. The summed E-state index contributed by atoms with van der Waals surface area (Å²) in [6.45, 7) is 4.45. The minimum absolute atomic E-state index is 0.109. The third-order valence-electron chi connectivity index (χ3n) is 5.31. The van der Waals surface area contributed by atoms with Crippen molar-refractivity contribution >= 4 is 11.7 Å². The number of hydrogen-bond acceptors (Lipinski definition) is 5. The van der Waals surface area contributed by atoms with E-state index in [1.54, 1.807) is 6.33 Å². The molecule has 4 rings (SSSR count). The highest BCUT2D eigenvalue weighted by atomic mass is 19.1. The lowest BCUT2D eigenvalue weighted by molar-refractivity contribution is -0.140. The molecular weight excluding hydrogens is 311 g/mol. The normalized spacial score (nSPS) is 27.2. The van der Waals surface area contributed by atoms with Crippen LogP contribution in [0.1, 0.15) is 24.1 Å². The van der Waals surface area contributed by atoms with E-state index in [2.05, 4.69) is 14.9 Å². The molecule has 2 aliphatic heterocycles. The molecule has 6 nitrogen and oxygen atoms in total. The van der Waals surface area contributed by atoms with E-state index in [1.165, 1.54) is 0 Å². The van der Waals surface area contributed by atoms with E-state index in [-0.39, 0.29) is 11.8 Å². The van der Waals surface area contributed by atoms with E-state index < -0.39 is 6.17 Å². The fourth-order valence-electron chi connectivity index (χ4n) is 3.79. The molecule has 3 heterocycles. The first-order valence-electron chi connectivity index (χ1n) is 8.80. The number of anilines is 1. The first-order chi connectivity index (χ1) is 11.7. The van der Waals surface area contributed by atoms with Crippen LogP contribution in [0, 0.1) is 5.92 Å². The zero-order valence-electron chi connectivity index (χ0n) is 13.8. The molecule has 1 amide bonds. The van der Waals surface area contributed by atoms with Crippen LogP contribution in [-0.2, 0) is 22.4 Å². The number of morpholine rings is 1. The largest absolute Gasteiger partial charge is 0.378 e. The monoisotopic (exact) mass is 334 g/mol. The summed E-state index contributed by atoms with van der Waals surface area (Å²) in [5.41, 5.74) is 2.20. The van der Waals surface area contributed by atoms with Crippen molar-refractivity contribution in [3.8, 4) is 0 Å². The van der Waals surface area contributed by atoms with Gasteiger partial charge in [-0.05, 0) is 19.3 Å². The van der Waals surface area contributed by atoms with Crippen molar-refractivity contribution < 1.29 is 13.9 Å². The highest BCUT2D eigenvalue weighted by molar-refractivity contribution is 5.80. The average molecular weight is 334 g/mol. The number of alkyl halides is 1. The van der Waals surface area contributed by atoms with Gasteiger partial charge in [0, 0.05) is 44.1 Å². The first-order valence-corrected chi connectivity index (χ1v) is 8.80. The van der Waals surface area contributed by atoms with Gasteiger partial charge in [0.15, 0.2) is 0 Å². The van der Waals surface area contributed by atoms with Crippen LogP contribution in [0.3, 0.4) is 0 Å². The van der Waals surface area contributed by atoms with Gasteiger partial charge in [-0.15, -0.1) is 0 Å². The predicted molar refractivity (Wildman–Crippen MR) is 86.7 cm³/mol. The minimum Gasteiger partial charge on any atom is -0.378 e. The number of carbonyl (C=O) groups is 1. The summed E-state index contributed by atoms with van der Waals surface area (Å²) in [6.07, 6.45) is 3.12. The van der Waals surface area contributed by atoms with Gasteiger partial charge in [-0.2, -0.15) is 0 Å². The van der Waals surface area contributed by atoms with Crippen LogP contribution in [-0.4, -0.2) is 66.3 Å². The maximum absolute atomic E-state index is 13.0. The topological polar surface area (TPSA) is 58.6 Å². The Morgan fingerprint density at radius 3 is 2.62 bits per heavy atom. The van der Waals surface area contributed by atoms with Gasteiger partial charge >= 0.3 is 0 Å². The van der Waals surface area contributed by atoms with Gasteiger partial charge in [-0.25, -0.2) is 14.4 Å². The SMILES string of the molecule is O=C(C1CC(F)C1)N1CCc2ncnc(N3CCOCC3)c2CC1. The van der Waals surface area contributed by atoms with Gasteiger partial charge in [-0.1, -0.05) is 0 Å². The van der Waals surface area contributed by atoms with E-state index in [0.29, 0.717) is 25.9 Å². The summed E-state index contributed by atoms with van der Waals surface area (Å²) < 4.78 is 18.5. The lowest BCUT2D eigenvalue weighted by Crippen LogP contribution is -2.43. The Hall–Kier alpha value is -1.76. The molecule has 3 aliphatic rings. The molecule has 130 valence electrons. The molecule has 0 radical (unpaired) electrons. The summed E-state index contributed by atoms with van der Waals surface area (Å²) in [7, 11) is 0. The molecule has 1 aliphatic carbocycles. The van der Waals surface area contributed by atoms with Crippen LogP contribution >= 0.6 is 0 Å². The van der Waals surface area contributed by atoms with E-state index in [9.17, 15) is 9.18 Å². The highest BCUT2D eigenvalue weighted by Gasteiger charge is 2.37. The number of fused-ring (bicyclic) bond motifs is 1. The third-order valence-corrected chi connectivity index (χ3v) is 5.31. The van der Waals surface area contributed by atoms with Crippen LogP contribution in [0.25, 0.3) is 0 Å². The maximum atomic E-state index is 13.0. The lowest BCUT2D eigenvalue weighted by Gasteiger charge is -2.33. The zero-order chi connectivity index (χ0) is 16.5. The fourth-order valence-corrected chi connectivity index (χ4v) is 3.79. The Labute approximate surface area is 141 Å². The van der Waals surface area contributed by atoms with Crippen molar-refractivity contribution in [2.45, 2.75) is 31.9 Å². The second-order valence-corrected chi connectivity index (χ2v) is 6.81. The summed E-state index contributed by atoms with van der Waals surface area (Å²) in [6, 6.07) is 0. The fraction of sp³-hybridized carbons (Fsp3) is 0.706. The zero-order valence-corrected chi connectivity index (χ0v) is 13.8. The van der Waals surface area contributed by atoms with Gasteiger partial charge in [0.1, 0.15) is 18.3 Å². The number of amides is 1. The molecule has 1 aromatic heterocycles. The lowest BCUT2D eigenvalue weighted by atomic mass is 9.82. The van der Waals surface area contributed by atoms with E-state index in [0.717, 1.165) is 56.2 Å². The molecule has 1 saturated carbocycles. The predicted octanol–water partition coefficient (Wildman–Crippen LogP) is 0.988. The number of nitrogens with zero attached hydrogens (tertiary/aromatic N) is 4. The van der Waals surface area contributed by atoms with Gasteiger partial charge in [0.25, 0.3) is 0 Å². The molecule has 0 unspecified atom stereocenters. The highest BCUT2D eigenvalue weighted by Crippen LogP contribution is 2.32. The smallest absolute Gasteiger partial charge is 0.225 e. The van der Waals surface area contributed by atoms with Crippen LogP contribution in [0.2, 0.25) is 0 Å². The molecule has 2 fully saturated rings. The minimum atomic E-state index is -0.790. The standard InChI is InChI=1S/C17H23FN4O2/c18-13-9-12(10-13)17(23)22-3-1-14-15(2-4-22)19-11-20-16(14)21-5-7-24-8-6-21/h11-13H,1-10H2. The van der Waals surface area contributed by atoms with Crippen molar-refractivity contribution in [3.63, 3.8) is 0 Å². The van der Waals surface area contributed by atoms with Gasteiger partial charge < -0.3 is 14.5 Å². The summed E-state index contributed by atoms with van der Waals surface area (Å²) >= 11 is 0. The Morgan fingerprint density at radius 1 is 1.12 bits per heavy atom. The van der Waals surface area contributed by atoms with Crippen LogP contribution in [0.4, 0.5) is 10.2 Å². The first kappa shape index (κ1) is 15.7. The van der Waals surface area contributed by atoms with Gasteiger partial charge in [0.2, 0.25) is 5.91 Å². The van der Waals surface area contributed by atoms with Crippen molar-refractivity contribution in [2.24, 2.45) is 5.92 Å². The molecule has 1 saturated heterocycles. The Balaban J connectivity index is 1.49. The number of carbonyl (C=O) groups excluding carboxylic acids is 1. The molecule has 0 N–H and O–H groups in total. The van der Waals surface area contributed by atoms with E-state index >= 15 is 0 Å². The molecule has 0 spiro atoms. The van der Waals surface area contributed by atoms with E-state index in [4.69, 9.17) is 4.74 Å². The molecule has 1 aromatic rings. The molecule has 0 bridgehead atoms. The Bertz CT molecular complexity index is 615. The molecule has 0 aromatic carbocycles. The van der Waals surface area contributed by atoms with Crippen LogP contribution in [0.5, 0.6) is 0 Å². The summed E-state index contributed by atoms with van der Waals surface area (Å²) in [5.74, 6) is 0.980. The van der Waals surface area contributed by atoms with Gasteiger partial charge in [-0.3, -0.25) is 4.79 Å². The van der Waals surface area contributed by atoms with Crippen molar-refractivity contribution in [1.29, 1.82) is 0 Å². The third kappa shape index (κ3) is 2.97. The van der Waals surface area contributed by atoms with Crippen molar-refractivity contribution in [3.05, 3.63) is 17.6 Å². The number of rotatable bonds is 2. The number of hydrogen-bond donors (Lipinski definition) is 0. The molecule has 0 atom stereocenters. The molecule has 24 heavy (non-hydrogen) atoms. The number of ether oxygens (including phenoxy) is 1. The van der Waals surface area contributed by atoms with Crippen LogP contribution in [0.15, 0.2) is 6.33 Å². The Morgan fingerprint density at radius 2 is 1.88 bits per heavy atom. The molecular formula is C17H23FN4O2. The summed E-state index contributed by atoms with van der Waals surface area (Å²) in [5, 5.41) is 0. The molecule has 7 heteroatoms. The number of halogens is 1. The van der Waals surface area contributed by atoms with Gasteiger partial charge in [0.05, 0.1) is 18.9 Å². The second-order valence-electron chi connectivity index (χ2n) is 6.81. The Kier molecular flexibility index (Phi) is 4.35. The maximum Gasteiger partial charge on any atom is 0.225 e.